The summed E-state index contributed by atoms with van der Waals surface area (Å²) < 4.78 is 3.91. The number of nitrogens with zero attached hydrogens (tertiary/aromatic N) is 3. The van der Waals surface area contributed by atoms with E-state index in [1.165, 1.54) is 0 Å². The molecule has 2 rings (SSSR count). The first-order chi connectivity index (χ1) is 9.56. The van der Waals surface area contributed by atoms with Crippen LogP contribution in [0, 0.1) is 18.3 Å². The van der Waals surface area contributed by atoms with Crippen molar-refractivity contribution in [2.24, 2.45) is 0 Å². The zero-order chi connectivity index (χ0) is 14.7. The lowest BCUT2D eigenvalue weighted by atomic mass is 10.2. The summed E-state index contributed by atoms with van der Waals surface area (Å²) in [6.45, 7) is 5.45. The summed E-state index contributed by atoms with van der Waals surface area (Å²) in [7, 11) is 0. The van der Waals surface area contributed by atoms with Crippen molar-refractivity contribution < 1.29 is 0 Å². The topological polar surface area (TPSA) is 53.6 Å². The van der Waals surface area contributed by atoms with Crippen molar-refractivity contribution in [1.29, 1.82) is 5.26 Å². The van der Waals surface area contributed by atoms with E-state index in [2.05, 4.69) is 55.3 Å². The number of aromatic nitrogens is 2. The zero-order valence-electron chi connectivity index (χ0n) is 11.2. The highest BCUT2D eigenvalue weighted by Crippen LogP contribution is 2.25. The van der Waals surface area contributed by atoms with Crippen LogP contribution in [0.3, 0.4) is 0 Å². The lowest BCUT2D eigenvalue weighted by molar-refractivity contribution is 0.622. The van der Waals surface area contributed by atoms with Crippen LogP contribution in [0.15, 0.2) is 27.1 Å². The van der Waals surface area contributed by atoms with Crippen molar-refractivity contribution in [1.82, 2.24) is 9.78 Å². The minimum Gasteiger partial charge on any atom is -0.378 e. The number of nitriles is 1. The Kier molecular flexibility index (Phi) is 4.84. The summed E-state index contributed by atoms with van der Waals surface area (Å²) in [5.41, 5.74) is 3.49. The van der Waals surface area contributed by atoms with Gasteiger partial charge in [-0.2, -0.15) is 10.4 Å². The summed E-state index contributed by atoms with van der Waals surface area (Å²) in [4.78, 5) is 0. The highest BCUT2D eigenvalue weighted by molar-refractivity contribution is 9.10. The number of rotatable bonds is 4. The minimum absolute atomic E-state index is 0.612. The molecule has 20 heavy (non-hydrogen) atoms. The van der Waals surface area contributed by atoms with E-state index in [0.29, 0.717) is 12.1 Å². The Morgan fingerprint density at radius 2 is 2.15 bits per heavy atom. The normalized spacial score (nSPS) is 10.3. The molecule has 104 valence electrons. The molecule has 1 N–H and O–H groups in total. The Labute approximate surface area is 135 Å². The lowest BCUT2D eigenvalue weighted by Gasteiger charge is -2.10. The summed E-state index contributed by atoms with van der Waals surface area (Å²) >= 11 is 6.99. The fraction of sp³-hybridized carbons (Fsp3) is 0.286. The molecule has 0 radical (unpaired) electrons. The predicted molar refractivity (Wildman–Crippen MR) is 86.5 cm³/mol. The third kappa shape index (κ3) is 3.05. The Bertz CT molecular complexity index is 671. The van der Waals surface area contributed by atoms with E-state index >= 15 is 0 Å². The summed E-state index contributed by atoms with van der Waals surface area (Å²) in [5.74, 6) is 0. The Morgan fingerprint density at radius 3 is 2.80 bits per heavy atom. The van der Waals surface area contributed by atoms with E-state index < -0.39 is 0 Å². The first kappa shape index (κ1) is 15.1. The second kappa shape index (κ2) is 6.42. The molecule has 0 bridgehead atoms. The maximum absolute atomic E-state index is 9.13. The highest BCUT2D eigenvalue weighted by Gasteiger charge is 2.12. The van der Waals surface area contributed by atoms with Gasteiger partial charge in [0.05, 0.1) is 33.7 Å². The Hall–Kier alpha value is -1.32. The quantitative estimate of drug-likeness (QED) is 0.840. The molecule has 0 saturated carbocycles. The highest BCUT2D eigenvalue weighted by atomic mass is 79.9. The molecule has 1 aromatic carbocycles. The number of halogens is 2. The molecule has 1 heterocycles. The van der Waals surface area contributed by atoms with Gasteiger partial charge in [0, 0.05) is 11.0 Å². The number of anilines is 1. The van der Waals surface area contributed by atoms with Gasteiger partial charge in [0.15, 0.2) is 0 Å². The van der Waals surface area contributed by atoms with Crippen molar-refractivity contribution in [3.05, 3.63) is 44.1 Å². The van der Waals surface area contributed by atoms with Crippen molar-refractivity contribution in [3.63, 3.8) is 0 Å². The standard InChI is InChI=1S/C14H14Br2N4/c1-3-20-13(14(16)9(2)19-20)8-18-12-6-11(15)5-4-10(12)7-17/h4-6,18H,3,8H2,1-2H3. The maximum Gasteiger partial charge on any atom is 0.101 e. The van der Waals surface area contributed by atoms with Crippen LogP contribution < -0.4 is 5.32 Å². The van der Waals surface area contributed by atoms with Gasteiger partial charge < -0.3 is 5.32 Å². The van der Waals surface area contributed by atoms with E-state index in [1.807, 2.05) is 23.7 Å². The first-order valence-electron chi connectivity index (χ1n) is 6.22. The molecule has 0 fully saturated rings. The molecule has 0 unspecified atom stereocenters. The summed E-state index contributed by atoms with van der Waals surface area (Å²) in [5, 5.41) is 16.9. The third-order valence-corrected chi connectivity index (χ3v) is 4.53. The number of hydrogen-bond donors (Lipinski definition) is 1. The second-order valence-electron chi connectivity index (χ2n) is 4.32. The molecule has 0 aliphatic carbocycles. The number of nitrogens with one attached hydrogen (secondary N) is 1. The van der Waals surface area contributed by atoms with Crippen LogP contribution in [-0.4, -0.2) is 9.78 Å². The molecular formula is C14H14Br2N4. The molecule has 0 spiro atoms. The maximum atomic E-state index is 9.13. The molecule has 6 heteroatoms. The van der Waals surface area contributed by atoms with Crippen molar-refractivity contribution >= 4 is 37.5 Å². The molecule has 0 saturated heterocycles. The molecule has 1 aromatic heterocycles. The van der Waals surface area contributed by atoms with Crippen molar-refractivity contribution in [2.45, 2.75) is 26.9 Å². The van der Waals surface area contributed by atoms with Gasteiger partial charge in [-0.3, -0.25) is 4.68 Å². The van der Waals surface area contributed by atoms with Gasteiger partial charge >= 0.3 is 0 Å². The largest absolute Gasteiger partial charge is 0.378 e. The van der Waals surface area contributed by atoms with Gasteiger partial charge in [0.1, 0.15) is 6.07 Å². The van der Waals surface area contributed by atoms with Gasteiger partial charge in [0.2, 0.25) is 0 Å². The van der Waals surface area contributed by atoms with Crippen LogP contribution in [0.1, 0.15) is 23.9 Å². The average molecular weight is 398 g/mol. The van der Waals surface area contributed by atoms with Gasteiger partial charge in [0.25, 0.3) is 0 Å². The number of aryl methyl sites for hydroxylation is 2. The van der Waals surface area contributed by atoms with Crippen LogP contribution in [0.5, 0.6) is 0 Å². The SMILES string of the molecule is CCn1nc(C)c(Br)c1CNc1cc(Br)ccc1C#N. The van der Waals surface area contributed by atoms with Crippen LogP contribution >= 0.6 is 31.9 Å². The smallest absolute Gasteiger partial charge is 0.101 e. The first-order valence-corrected chi connectivity index (χ1v) is 7.80. The number of benzene rings is 1. The van der Waals surface area contributed by atoms with E-state index in [1.54, 1.807) is 6.07 Å². The predicted octanol–water partition coefficient (Wildman–Crippen LogP) is 4.22. The molecule has 0 amide bonds. The average Bonchev–Trinajstić information content (AvgIpc) is 2.72. The van der Waals surface area contributed by atoms with E-state index in [0.717, 1.165) is 32.6 Å². The van der Waals surface area contributed by atoms with Crippen molar-refractivity contribution in [2.75, 3.05) is 5.32 Å². The molecular weight excluding hydrogens is 384 g/mol. The van der Waals surface area contributed by atoms with Gasteiger partial charge in [-0.05, 0) is 48.0 Å². The number of hydrogen-bond acceptors (Lipinski definition) is 3. The van der Waals surface area contributed by atoms with Crippen LogP contribution in [0.25, 0.3) is 0 Å². The monoisotopic (exact) mass is 396 g/mol. The van der Waals surface area contributed by atoms with E-state index in [4.69, 9.17) is 5.26 Å². The molecule has 4 nitrogen and oxygen atoms in total. The van der Waals surface area contributed by atoms with Gasteiger partial charge in [-0.1, -0.05) is 15.9 Å². The molecule has 0 atom stereocenters. The Morgan fingerprint density at radius 1 is 1.40 bits per heavy atom. The summed E-state index contributed by atoms with van der Waals surface area (Å²) in [6, 6.07) is 7.76. The summed E-state index contributed by atoms with van der Waals surface area (Å²) in [6.07, 6.45) is 0. The van der Waals surface area contributed by atoms with Gasteiger partial charge in [-0.25, -0.2) is 0 Å². The molecule has 0 aliphatic heterocycles. The molecule has 2 aromatic rings. The fourth-order valence-corrected chi connectivity index (χ4v) is 2.76. The minimum atomic E-state index is 0.612. The fourth-order valence-electron chi connectivity index (χ4n) is 1.98. The Balaban J connectivity index is 2.25. The zero-order valence-corrected chi connectivity index (χ0v) is 14.4. The second-order valence-corrected chi connectivity index (χ2v) is 6.03. The van der Waals surface area contributed by atoms with Gasteiger partial charge in [-0.15, -0.1) is 0 Å². The van der Waals surface area contributed by atoms with Crippen LogP contribution in [0.2, 0.25) is 0 Å². The van der Waals surface area contributed by atoms with E-state index in [9.17, 15) is 0 Å². The van der Waals surface area contributed by atoms with Crippen LogP contribution in [-0.2, 0) is 13.1 Å². The third-order valence-electron chi connectivity index (χ3n) is 3.00. The lowest BCUT2D eigenvalue weighted by Crippen LogP contribution is -2.09. The van der Waals surface area contributed by atoms with Crippen LogP contribution in [0.4, 0.5) is 5.69 Å². The van der Waals surface area contributed by atoms with Crippen molar-refractivity contribution in [3.8, 4) is 6.07 Å². The molecule has 0 aliphatic rings. The van der Waals surface area contributed by atoms with E-state index in [-0.39, 0.29) is 0 Å².